The van der Waals surface area contributed by atoms with E-state index < -0.39 is 22.5 Å². The Morgan fingerprint density at radius 2 is 1.82 bits per heavy atom. The molecule has 0 saturated heterocycles. The van der Waals surface area contributed by atoms with E-state index in [1.165, 1.54) is 36.7 Å². The van der Waals surface area contributed by atoms with Crippen molar-refractivity contribution in [2.75, 3.05) is 0 Å². The fourth-order valence-corrected chi connectivity index (χ4v) is 3.54. The zero-order valence-electron chi connectivity index (χ0n) is 14.1. The molecule has 3 heterocycles. The maximum atomic E-state index is 13.3. The third-order valence-electron chi connectivity index (χ3n) is 4.84. The summed E-state index contributed by atoms with van der Waals surface area (Å²) in [5, 5.41) is 20.7. The van der Waals surface area contributed by atoms with E-state index in [9.17, 15) is 24.6 Å². The van der Waals surface area contributed by atoms with Gasteiger partial charge in [0, 0.05) is 34.2 Å². The van der Waals surface area contributed by atoms with E-state index >= 15 is 0 Å². The maximum Gasteiger partial charge on any atom is 0.291 e. The molecule has 3 aromatic heterocycles. The molecule has 0 unspecified atom stereocenters. The molecule has 28 heavy (non-hydrogen) atoms. The van der Waals surface area contributed by atoms with E-state index in [0.717, 1.165) is 0 Å². The van der Waals surface area contributed by atoms with Gasteiger partial charge in [0.1, 0.15) is 11.4 Å². The van der Waals surface area contributed by atoms with Crippen molar-refractivity contribution in [1.82, 2.24) is 15.0 Å². The number of hydrogen-bond acceptors (Lipinski definition) is 6. The van der Waals surface area contributed by atoms with Gasteiger partial charge in [0.15, 0.2) is 11.2 Å². The summed E-state index contributed by atoms with van der Waals surface area (Å²) in [7, 11) is 0. The lowest BCUT2D eigenvalue weighted by Gasteiger charge is -2.02. The lowest BCUT2D eigenvalue weighted by molar-refractivity contribution is 0.103. The lowest BCUT2D eigenvalue weighted by atomic mass is 10.0. The van der Waals surface area contributed by atoms with Crippen LogP contribution in [0.15, 0.2) is 52.3 Å². The van der Waals surface area contributed by atoms with Gasteiger partial charge >= 0.3 is 0 Å². The molecule has 0 aliphatic rings. The minimum atomic E-state index is -0.907. The predicted octanol–water partition coefficient (Wildman–Crippen LogP) is 2.00. The molecule has 0 aliphatic carbocycles. The Labute approximate surface area is 155 Å². The van der Waals surface area contributed by atoms with Crippen molar-refractivity contribution in [3.63, 3.8) is 0 Å². The summed E-state index contributed by atoms with van der Waals surface area (Å²) in [5.74, 6) is -1.28. The Morgan fingerprint density at radius 1 is 1.00 bits per heavy atom. The van der Waals surface area contributed by atoms with E-state index in [0.29, 0.717) is 16.4 Å². The number of benzene rings is 2. The number of aromatic hydroxyl groups is 2. The summed E-state index contributed by atoms with van der Waals surface area (Å²) in [6.45, 7) is 0. The normalized spacial score (nSPS) is 11.6. The van der Waals surface area contributed by atoms with Crippen LogP contribution in [0.3, 0.4) is 0 Å². The quantitative estimate of drug-likeness (QED) is 0.349. The molecule has 0 amide bonds. The Hall–Kier alpha value is -4.20. The Balaban J connectivity index is 1.94. The highest BCUT2D eigenvalue weighted by Crippen LogP contribution is 2.30. The number of hydrogen-bond donors (Lipinski definition) is 4. The molecule has 0 bridgehead atoms. The second kappa shape index (κ2) is 5.40. The van der Waals surface area contributed by atoms with Crippen molar-refractivity contribution in [3.05, 3.63) is 74.6 Å². The number of aromatic nitrogens is 3. The Kier molecular flexibility index (Phi) is 3.09. The smallest absolute Gasteiger partial charge is 0.291 e. The van der Waals surface area contributed by atoms with Crippen molar-refractivity contribution in [2.24, 2.45) is 0 Å². The van der Waals surface area contributed by atoms with Gasteiger partial charge in [-0.05, 0) is 30.3 Å². The van der Waals surface area contributed by atoms with Crippen LogP contribution in [0.1, 0.15) is 16.1 Å². The summed E-state index contributed by atoms with van der Waals surface area (Å²) < 4.78 is 0. The fourth-order valence-electron chi connectivity index (χ4n) is 3.54. The number of aromatic amines is 2. The molecule has 0 atom stereocenters. The molecule has 0 saturated carbocycles. The molecule has 5 aromatic rings. The van der Waals surface area contributed by atoms with Crippen molar-refractivity contribution >= 4 is 38.4 Å². The van der Waals surface area contributed by atoms with Gasteiger partial charge in [-0.25, -0.2) is 0 Å². The van der Waals surface area contributed by atoms with Crippen LogP contribution in [0.4, 0.5) is 0 Å². The third-order valence-corrected chi connectivity index (χ3v) is 4.84. The van der Waals surface area contributed by atoms with Crippen LogP contribution in [0.5, 0.6) is 11.5 Å². The number of ketones is 1. The number of carbonyl (C=O) groups is 1. The first-order valence-corrected chi connectivity index (χ1v) is 8.31. The third kappa shape index (κ3) is 2.05. The first-order valence-electron chi connectivity index (χ1n) is 8.31. The van der Waals surface area contributed by atoms with E-state index in [1.807, 2.05) is 0 Å². The summed E-state index contributed by atoms with van der Waals surface area (Å²) >= 11 is 0. The van der Waals surface area contributed by atoms with Gasteiger partial charge in [0.05, 0.1) is 16.3 Å². The van der Waals surface area contributed by atoms with Crippen molar-refractivity contribution in [2.45, 2.75) is 0 Å². The first kappa shape index (κ1) is 16.0. The predicted molar refractivity (Wildman–Crippen MR) is 102 cm³/mol. The van der Waals surface area contributed by atoms with Gasteiger partial charge in [0.2, 0.25) is 5.78 Å². The van der Waals surface area contributed by atoms with E-state index in [2.05, 4.69) is 15.0 Å². The molecule has 0 spiro atoms. The van der Waals surface area contributed by atoms with Crippen LogP contribution in [0.25, 0.3) is 32.6 Å². The number of phenolic OH excluding ortho intramolecular Hbond substituents is 1. The molecule has 0 radical (unpaired) electrons. The summed E-state index contributed by atoms with van der Waals surface area (Å²) in [5.41, 5.74) is -0.483. The Morgan fingerprint density at radius 3 is 2.64 bits per heavy atom. The van der Waals surface area contributed by atoms with Crippen LogP contribution < -0.4 is 11.0 Å². The molecule has 136 valence electrons. The molecule has 4 N–H and O–H groups in total. The molecule has 8 heteroatoms. The fraction of sp³-hybridized carbons (Fsp3) is 0. The molecule has 0 fully saturated rings. The number of H-pyrrole nitrogens is 2. The van der Waals surface area contributed by atoms with Gasteiger partial charge in [0.25, 0.3) is 5.56 Å². The van der Waals surface area contributed by atoms with Crippen LogP contribution in [-0.2, 0) is 0 Å². The minimum Gasteiger partial charge on any atom is -0.508 e. The van der Waals surface area contributed by atoms with Crippen LogP contribution in [0, 0.1) is 0 Å². The minimum absolute atomic E-state index is 0.0260. The highest BCUT2D eigenvalue weighted by Gasteiger charge is 2.23. The van der Waals surface area contributed by atoms with Crippen molar-refractivity contribution < 1.29 is 15.0 Å². The van der Waals surface area contributed by atoms with Crippen molar-refractivity contribution in [3.8, 4) is 11.5 Å². The molecule has 8 nitrogen and oxygen atoms in total. The van der Waals surface area contributed by atoms with E-state index in [1.54, 1.807) is 6.07 Å². The number of nitrogens with zero attached hydrogens (tertiary/aromatic N) is 1. The van der Waals surface area contributed by atoms with Gasteiger partial charge in [-0.2, -0.15) is 0 Å². The van der Waals surface area contributed by atoms with Gasteiger partial charge in [-0.1, -0.05) is 0 Å². The lowest BCUT2D eigenvalue weighted by Crippen LogP contribution is -2.13. The highest BCUT2D eigenvalue weighted by molar-refractivity contribution is 6.23. The zero-order valence-corrected chi connectivity index (χ0v) is 14.1. The summed E-state index contributed by atoms with van der Waals surface area (Å²) in [6.07, 6.45) is 2.73. The molecule has 0 aliphatic heterocycles. The maximum absolute atomic E-state index is 13.3. The molecule has 5 rings (SSSR count). The number of phenols is 1. The van der Waals surface area contributed by atoms with Gasteiger partial charge in [-0.3, -0.25) is 19.4 Å². The number of fused-ring (bicyclic) bond motifs is 1. The number of rotatable bonds is 2. The largest absolute Gasteiger partial charge is 0.508 e. The molecular weight excluding hydrogens is 362 g/mol. The monoisotopic (exact) mass is 373 g/mol. The van der Waals surface area contributed by atoms with Crippen LogP contribution in [0.2, 0.25) is 0 Å². The van der Waals surface area contributed by atoms with Gasteiger partial charge < -0.3 is 20.2 Å². The summed E-state index contributed by atoms with van der Waals surface area (Å²) in [6, 6.07) is 7.22. The van der Waals surface area contributed by atoms with E-state index in [-0.39, 0.29) is 33.2 Å². The zero-order chi connectivity index (χ0) is 19.6. The standard InChI is InChI=1S/C20H11N3O5/c24-8-1-2-12-9(5-8)10(6-21-12)18(26)17-16-14(25)4-3-13-15(16)11(7-22-13)19(27)20(28)23-17/h1-7,21,24,27H,(H,23,28). The van der Waals surface area contributed by atoms with Crippen LogP contribution in [-0.4, -0.2) is 30.9 Å². The summed E-state index contributed by atoms with van der Waals surface area (Å²) in [4.78, 5) is 47.7. The molecule has 2 aromatic carbocycles. The highest BCUT2D eigenvalue weighted by atomic mass is 16.3. The average Bonchev–Trinajstić information content (AvgIpc) is 3.26. The first-order chi connectivity index (χ1) is 13.5. The Bertz CT molecular complexity index is 1550. The van der Waals surface area contributed by atoms with Crippen molar-refractivity contribution in [1.29, 1.82) is 0 Å². The topological polar surface area (TPSA) is 136 Å². The molecular formula is C20H11N3O5. The second-order valence-corrected chi connectivity index (χ2v) is 6.44. The van der Waals surface area contributed by atoms with Gasteiger partial charge in [-0.15, -0.1) is 0 Å². The average molecular weight is 373 g/mol. The number of carbonyl (C=O) groups excluding carboxylic acids is 1. The van der Waals surface area contributed by atoms with Crippen LogP contribution >= 0.6 is 0 Å². The van der Waals surface area contributed by atoms with E-state index in [4.69, 9.17) is 0 Å². The second-order valence-electron chi connectivity index (χ2n) is 6.44. The SMILES string of the molecule is O=C(c1c[nH]c2ccc(O)cc12)c1[nH]c(=O)c(O)c2cnc3ccc(=O)c1c32. The number of nitrogens with one attached hydrogen (secondary N) is 2.